The van der Waals surface area contributed by atoms with Crippen LogP contribution in [0.4, 0.5) is 5.69 Å². The van der Waals surface area contributed by atoms with Gasteiger partial charge in [-0.2, -0.15) is 0 Å². The molecular weight excluding hydrogens is 352 g/mol. The van der Waals surface area contributed by atoms with Crippen LogP contribution >= 0.6 is 0 Å². The highest BCUT2D eigenvalue weighted by Gasteiger charge is 2.15. The molecule has 2 rings (SSSR count). The summed E-state index contributed by atoms with van der Waals surface area (Å²) in [6, 6.07) is 14.3. The second-order valence-electron chi connectivity index (χ2n) is 6.50. The van der Waals surface area contributed by atoms with Crippen molar-refractivity contribution in [2.75, 3.05) is 18.9 Å². The molecule has 0 spiro atoms. The summed E-state index contributed by atoms with van der Waals surface area (Å²) in [7, 11) is 1.54. The number of carbonyl (C=O) groups is 3. The van der Waals surface area contributed by atoms with E-state index in [2.05, 4.69) is 11.2 Å². The molecule has 2 aromatic carbocycles. The molecule has 0 heterocycles. The zero-order valence-corrected chi connectivity index (χ0v) is 16.2. The second kappa shape index (κ2) is 10.1. The minimum Gasteiger partial charge on any atom is -0.336 e. The van der Waals surface area contributed by atoms with E-state index in [4.69, 9.17) is 6.42 Å². The Balaban J connectivity index is 1.82. The van der Waals surface area contributed by atoms with Gasteiger partial charge in [0.15, 0.2) is 5.78 Å². The Morgan fingerprint density at radius 2 is 1.79 bits per heavy atom. The number of anilines is 1. The molecule has 144 valence electrons. The summed E-state index contributed by atoms with van der Waals surface area (Å²) in [5.74, 6) is 1.83. The number of ketones is 1. The van der Waals surface area contributed by atoms with Crippen molar-refractivity contribution in [3.05, 3.63) is 65.2 Å². The molecule has 0 unspecified atom stereocenters. The maximum Gasteiger partial charge on any atom is 0.243 e. The maximum absolute atomic E-state index is 12.2. The summed E-state index contributed by atoms with van der Waals surface area (Å²) in [6.07, 6.45) is 6.42. The highest BCUT2D eigenvalue weighted by Crippen LogP contribution is 2.11. The summed E-state index contributed by atoms with van der Waals surface area (Å²) >= 11 is 0. The lowest BCUT2D eigenvalue weighted by atomic mass is 10.0. The van der Waals surface area contributed by atoms with Crippen LogP contribution in [0.3, 0.4) is 0 Å². The molecule has 0 saturated heterocycles. The molecule has 0 atom stereocenters. The Hall–Kier alpha value is -3.39. The summed E-state index contributed by atoms with van der Waals surface area (Å²) in [4.78, 5) is 37.9. The van der Waals surface area contributed by atoms with Crippen molar-refractivity contribution in [2.45, 2.75) is 26.2 Å². The summed E-state index contributed by atoms with van der Waals surface area (Å²) in [5, 5.41) is 2.71. The number of nitrogens with zero attached hydrogens (tertiary/aromatic N) is 1. The molecule has 1 N–H and O–H groups in total. The fourth-order valence-corrected chi connectivity index (χ4v) is 2.67. The molecule has 2 amide bonds. The fourth-order valence-electron chi connectivity index (χ4n) is 2.67. The van der Waals surface area contributed by atoms with Gasteiger partial charge in [-0.3, -0.25) is 14.4 Å². The first-order valence-corrected chi connectivity index (χ1v) is 9.15. The number of Topliss-reactive ketones (excluding diaryl/α,β-unsaturated/α-hetero) is 1. The van der Waals surface area contributed by atoms with Crippen molar-refractivity contribution >= 4 is 23.3 Å². The van der Waals surface area contributed by atoms with Crippen molar-refractivity contribution in [1.29, 1.82) is 0 Å². The average Bonchev–Trinajstić information content (AvgIpc) is 2.71. The van der Waals surface area contributed by atoms with Gasteiger partial charge in [-0.15, -0.1) is 6.42 Å². The number of aryl methyl sites for hydroxylation is 1. The van der Waals surface area contributed by atoms with Crippen LogP contribution in [0.1, 0.15) is 41.3 Å². The zero-order chi connectivity index (χ0) is 20.5. The number of hydrogen-bond donors (Lipinski definition) is 1. The maximum atomic E-state index is 12.2. The van der Waals surface area contributed by atoms with Gasteiger partial charge < -0.3 is 10.2 Å². The van der Waals surface area contributed by atoms with Gasteiger partial charge in [-0.25, -0.2) is 0 Å². The fraction of sp³-hybridized carbons (Fsp3) is 0.261. The van der Waals surface area contributed by atoms with E-state index in [-0.39, 0.29) is 37.0 Å². The number of carbonyl (C=O) groups excluding carboxylic acids is 3. The smallest absolute Gasteiger partial charge is 0.243 e. The van der Waals surface area contributed by atoms with E-state index >= 15 is 0 Å². The Labute approximate surface area is 165 Å². The lowest BCUT2D eigenvalue weighted by Crippen LogP contribution is -2.35. The lowest BCUT2D eigenvalue weighted by molar-refractivity contribution is -0.133. The molecule has 0 fully saturated rings. The molecular formula is C23H24N2O3. The van der Waals surface area contributed by atoms with Crippen molar-refractivity contribution in [3.63, 3.8) is 0 Å². The molecule has 0 saturated carbocycles. The van der Waals surface area contributed by atoms with Gasteiger partial charge in [0.1, 0.15) is 0 Å². The number of rotatable bonds is 8. The topological polar surface area (TPSA) is 66.5 Å². The van der Waals surface area contributed by atoms with E-state index in [1.54, 1.807) is 43.4 Å². The van der Waals surface area contributed by atoms with Gasteiger partial charge >= 0.3 is 0 Å². The third kappa shape index (κ3) is 6.10. The van der Waals surface area contributed by atoms with Gasteiger partial charge in [0.05, 0.1) is 6.54 Å². The number of terminal acetylenes is 1. The Bertz CT molecular complexity index is 895. The van der Waals surface area contributed by atoms with Crippen molar-refractivity contribution in [1.82, 2.24) is 4.90 Å². The lowest BCUT2D eigenvalue weighted by Gasteiger charge is -2.16. The highest BCUT2D eigenvalue weighted by atomic mass is 16.2. The van der Waals surface area contributed by atoms with E-state index in [1.807, 2.05) is 19.1 Å². The van der Waals surface area contributed by atoms with E-state index < -0.39 is 0 Å². The second-order valence-corrected chi connectivity index (χ2v) is 6.50. The van der Waals surface area contributed by atoms with Gasteiger partial charge in [-0.1, -0.05) is 43.2 Å². The first-order chi connectivity index (χ1) is 13.4. The first-order valence-electron chi connectivity index (χ1n) is 9.15. The predicted octanol–water partition coefficient (Wildman–Crippen LogP) is 3.29. The summed E-state index contributed by atoms with van der Waals surface area (Å²) < 4.78 is 0. The zero-order valence-electron chi connectivity index (χ0n) is 16.2. The van der Waals surface area contributed by atoms with Crippen LogP contribution in [0.25, 0.3) is 0 Å². The number of benzene rings is 2. The van der Waals surface area contributed by atoms with Crippen molar-refractivity contribution < 1.29 is 14.4 Å². The van der Waals surface area contributed by atoms with Crippen LogP contribution in [-0.2, 0) is 16.0 Å². The van der Waals surface area contributed by atoms with Crippen molar-refractivity contribution in [3.8, 4) is 12.3 Å². The van der Waals surface area contributed by atoms with Crippen LogP contribution in [0, 0.1) is 12.3 Å². The van der Waals surface area contributed by atoms with E-state index in [1.165, 1.54) is 4.90 Å². The number of amides is 2. The summed E-state index contributed by atoms with van der Waals surface area (Å²) in [6.45, 7) is 1.95. The molecule has 28 heavy (non-hydrogen) atoms. The Morgan fingerprint density at radius 3 is 2.43 bits per heavy atom. The Morgan fingerprint density at radius 1 is 1.07 bits per heavy atom. The molecule has 0 bridgehead atoms. The molecule has 5 heteroatoms. The molecule has 2 aromatic rings. The Kier molecular flexibility index (Phi) is 7.53. The quantitative estimate of drug-likeness (QED) is 0.568. The molecule has 0 aliphatic rings. The molecule has 5 nitrogen and oxygen atoms in total. The number of nitrogens with one attached hydrogen (secondary N) is 1. The van der Waals surface area contributed by atoms with Crippen LogP contribution in [0.5, 0.6) is 0 Å². The minimum absolute atomic E-state index is 0.0602. The van der Waals surface area contributed by atoms with E-state index in [0.29, 0.717) is 16.8 Å². The van der Waals surface area contributed by atoms with Gasteiger partial charge in [-0.05, 0) is 30.2 Å². The van der Waals surface area contributed by atoms with E-state index in [0.717, 1.165) is 12.0 Å². The average molecular weight is 376 g/mol. The highest BCUT2D eigenvalue weighted by molar-refractivity contribution is 5.99. The summed E-state index contributed by atoms with van der Waals surface area (Å²) in [5.41, 5.74) is 2.99. The predicted molar refractivity (Wildman–Crippen MR) is 110 cm³/mol. The molecule has 0 aliphatic heterocycles. The molecule has 0 radical (unpaired) electrons. The normalized spacial score (nSPS) is 10.0. The largest absolute Gasteiger partial charge is 0.336 e. The monoisotopic (exact) mass is 376 g/mol. The van der Waals surface area contributed by atoms with Gasteiger partial charge in [0.2, 0.25) is 11.8 Å². The molecule has 0 aliphatic carbocycles. The number of likely N-dealkylation sites (N-methyl/N-ethyl adjacent to an activating group) is 1. The van der Waals surface area contributed by atoms with Crippen LogP contribution < -0.4 is 5.32 Å². The van der Waals surface area contributed by atoms with Crippen LogP contribution in [0.2, 0.25) is 0 Å². The SMILES string of the molecule is C#Cc1cccc(NC(=O)CN(C)C(=O)CCC(=O)c2ccc(CC)cc2)c1. The van der Waals surface area contributed by atoms with Gasteiger partial charge in [0.25, 0.3) is 0 Å². The van der Waals surface area contributed by atoms with Gasteiger partial charge in [0, 0.05) is 36.7 Å². The standard InChI is InChI=1S/C23H24N2O3/c1-4-17-9-11-19(12-10-17)21(26)13-14-23(28)25(3)16-22(27)24-20-8-6-7-18(5-2)15-20/h2,6-12,15H,4,13-14,16H2,1,3H3,(H,24,27). The minimum atomic E-state index is -0.327. The first kappa shape index (κ1) is 20.9. The number of hydrogen-bond acceptors (Lipinski definition) is 3. The third-order valence-corrected chi connectivity index (χ3v) is 4.37. The van der Waals surface area contributed by atoms with Crippen molar-refractivity contribution in [2.24, 2.45) is 0 Å². The molecule has 0 aromatic heterocycles. The van der Waals surface area contributed by atoms with Crippen LogP contribution in [0.15, 0.2) is 48.5 Å². The van der Waals surface area contributed by atoms with Crippen LogP contribution in [-0.4, -0.2) is 36.1 Å². The van der Waals surface area contributed by atoms with E-state index in [9.17, 15) is 14.4 Å². The third-order valence-electron chi connectivity index (χ3n) is 4.37.